The molecule has 1 aliphatic rings. The summed E-state index contributed by atoms with van der Waals surface area (Å²) in [6, 6.07) is 24.1. The third-order valence-electron chi connectivity index (χ3n) is 7.86. The number of H-pyrrole nitrogens is 1. The average molecular weight is 508 g/mol. The Bertz CT molecular complexity index is 1440. The van der Waals surface area contributed by atoms with Crippen LogP contribution in [0.4, 0.5) is 0 Å². The maximum absolute atomic E-state index is 13.7. The fraction of sp³-hybridized carbons (Fsp3) is 0.333. The maximum atomic E-state index is 13.7. The Morgan fingerprint density at radius 3 is 2.50 bits per heavy atom. The van der Waals surface area contributed by atoms with Crippen LogP contribution in [0.5, 0.6) is 0 Å². The van der Waals surface area contributed by atoms with Crippen LogP contribution in [-0.4, -0.2) is 34.8 Å². The number of carbonyl (C=O) groups excluding carboxylic acids is 2. The monoisotopic (exact) mass is 507 g/mol. The fourth-order valence-electron chi connectivity index (χ4n) is 5.65. The van der Waals surface area contributed by atoms with Gasteiger partial charge in [0.05, 0.1) is 11.7 Å². The van der Waals surface area contributed by atoms with Crippen molar-refractivity contribution in [2.75, 3.05) is 13.1 Å². The van der Waals surface area contributed by atoms with Gasteiger partial charge in [-0.1, -0.05) is 99.3 Å². The van der Waals surface area contributed by atoms with Crippen LogP contribution in [-0.2, 0) is 4.79 Å². The van der Waals surface area contributed by atoms with Crippen molar-refractivity contribution in [3.05, 3.63) is 95.1 Å². The van der Waals surface area contributed by atoms with Gasteiger partial charge in [-0.15, -0.1) is 0 Å². The van der Waals surface area contributed by atoms with Gasteiger partial charge in [0.2, 0.25) is 5.91 Å². The minimum Gasteiger partial charge on any atom is -0.354 e. The summed E-state index contributed by atoms with van der Waals surface area (Å²) in [5.74, 6) is 0.254. The molecule has 5 nitrogen and oxygen atoms in total. The number of amides is 2. The molecule has 0 aliphatic carbocycles. The van der Waals surface area contributed by atoms with E-state index in [0.717, 1.165) is 52.5 Å². The molecule has 0 fully saturated rings. The summed E-state index contributed by atoms with van der Waals surface area (Å²) in [5.41, 5.74) is 6.89. The van der Waals surface area contributed by atoms with Crippen molar-refractivity contribution in [2.24, 2.45) is 5.92 Å². The molecule has 2 amide bonds. The van der Waals surface area contributed by atoms with E-state index in [-0.39, 0.29) is 24.4 Å². The normalized spacial score (nSPS) is 15.6. The maximum Gasteiger partial charge on any atom is 0.255 e. The summed E-state index contributed by atoms with van der Waals surface area (Å²) in [4.78, 5) is 32.4. The van der Waals surface area contributed by atoms with Crippen LogP contribution in [0.15, 0.2) is 72.8 Å². The molecule has 0 saturated heterocycles. The first-order valence-electron chi connectivity index (χ1n) is 13.9. The van der Waals surface area contributed by atoms with E-state index in [2.05, 4.69) is 67.5 Å². The quantitative estimate of drug-likeness (QED) is 0.242. The molecule has 2 N–H and O–H groups in total. The number of aryl methyl sites for hydroxylation is 1. The van der Waals surface area contributed by atoms with Crippen LogP contribution < -0.4 is 5.32 Å². The summed E-state index contributed by atoms with van der Waals surface area (Å²) in [6.45, 7) is 7.11. The van der Waals surface area contributed by atoms with Crippen LogP contribution in [0.3, 0.4) is 0 Å². The molecule has 38 heavy (non-hydrogen) atoms. The van der Waals surface area contributed by atoms with Crippen LogP contribution in [0.1, 0.15) is 72.6 Å². The first-order valence-corrected chi connectivity index (χ1v) is 13.9. The van der Waals surface area contributed by atoms with Crippen molar-refractivity contribution in [2.45, 2.75) is 52.5 Å². The lowest BCUT2D eigenvalue weighted by molar-refractivity contribution is -0.122. The van der Waals surface area contributed by atoms with E-state index in [4.69, 9.17) is 0 Å². The smallest absolute Gasteiger partial charge is 0.255 e. The van der Waals surface area contributed by atoms with Crippen molar-refractivity contribution >= 4 is 22.7 Å². The largest absolute Gasteiger partial charge is 0.354 e. The van der Waals surface area contributed by atoms with Gasteiger partial charge in [0.25, 0.3) is 5.91 Å². The van der Waals surface area contributed by atoms with Gasteiger partial charge in [-0.2, -0.15) is 0 Å². The number of hydrogen-bond acceptors (Lipinski definition) is 2. The third-order valence-corrected chi connectivity index (χ3v) is 7.86. The van der Waals surface area contributed by atoms with Crippen LogP contribution >= 0.6 is 0 Å². The summed E-state index contributed by atoms with van der Waals surface area (Å²) in [6.07, 6.45) is 4.46. The third kappa shape index (κ3) is 4.98. The van der Waals surface area contributed by atoms with Crippen LogP contribution in [0.25, 0.3) is 22.2 Å². The number of benzene rings is 3. The van der Waals surface area contributed by atoms with Crippen molar-refractivity contribution in [1.82, 2.24) is 15.2 Å². The molecular formula is C33H37N3O2. The van der Waals surface area contributed by atoms with E-state index < -0.39 is 0 Å². The molecule has 0 radical (unpaired) electrons. The Kier molecular flexibility index (Phi) is 7.64. The Labute approximate surface area is 225 Å². The molecule has 3 aromatic carbocycles. The number of rotatable bonds is 10. The number of carbonyl (C=O) groups is 2. The highest BCUT2D eigenvalue weighted by Gasteiger charge is 2.41. The van der Waals surface area contributed by atoms with Gasteiger partial charge in [-0.25, -0.2) is 0 Å². The number of para-hydroxylation sites is 1. The van der Waals surface area contributed by atoms with Gasteiger partial charge >= 0.3 is 0 Å². The number of unbranched alkanes of at least 4 members (excludes halogenated alkanes) is 1. The highest BCUT2D eigenvalue weighted by molar-refractivity contribution is 6.03. The molecule has 1 aromatic heterocycles. The second-order valence-electron chi connectivity index (χ2n) is 10.5. The standard InChI is InChI=1S/C33H37N3O2/c1-4-6-11-23(5-2)20-34-29(37)21-36-32(25-12-7-8-13-26(25)33(36)38)30-27-14-9-10-15-28(27)35-31(30)24-18-16-22(3)17-19-24/h7-10,12-19,23,32,35H,4-6,11,20-21H2,1-3H3,(H,34,37). The SMILES string of the molecule is CCCCC(CC)CNC(=O)CN1C(=O)c2ccccc2C1c1c(-c2ccc(C)cc2)[nH]c2ccccc12. The van der Waals surface area contributed by atoms with E-state index in [1.807, 2.05) is 36.4 Å². The molecule has 0 saturated carbocycles. The molecule has 5 heteroatoms. The zero-order valence-electron chi connectivity index (χ0n) is 22.6. The summed E-state index contributed by atoms with van der Waals surface area (Å²) < 4.78 is 0. The molecule has 0 bridgehead atoms. The van der Waals surface area contributed by atoms with Crippen LogP contribution in [0, 0.1) is 12.8 Å². The molecule has 4 aromatic rings. The Morgan fingerprint density at radius 2 is 1.74 bits per heavy atom. The van der Waals surface area contributed by atoms with Crippen LogP contribution in [0.2, 0.25) is 0 Å². The van der Waals surface area contributed by atoms with Gasteiger partial charge in [-0.05, 0) is 42.5 Å². The van der Waals surface area contributed by atoms with Crippen molar-refractivity contribution in [3.63, 3.8) is 0 Å². The van der Waals surface area contributed by atoms with Crippen molar-refractivity contribution < 1.29 is 9.59 Å². The molecule has 1 aliphatic heterocycles. The number of aromatic nitrogens is 1. The molecule has 2 unspecified atom stereocenters. The highest BCUT2D eigenvalue weighted by atomic mass is 16.2. The predicted octanol–water partition coefficient (Wildman–Crippen LogP) is 7.02. The molecule has 2 atom stereocenters. The van der Waals surface area contributed by atoms with E-state index in [9.17, 15) is 9.59 Å². The minimum atomic E-state index is -0.362. The Hall–Kier alpha value is -3.86. The van der Waals surface area contributed by atoms with Gasteiger partial charge in [-0.3, -0.25) is 9.59 Å². The van der Waals surface area contributed by atoms with Crippen molar-refractivity contribution in [3.8, 4) is 11.3 Å². The fourth-order valence-corrected chi connectivity index (χ4v) is 5.65. The highest BCUT2D eigenvalue weighted by Crippen LogP contribution is 2.45. The summed E-state index contributed by atoms with van der Waals surface area (Å²) >= 11 is 0. The number of fused-ring (bicyclic) bond motifs is 2. The number of hydrogen-bond donors (Lipinski definition) is 2. The van der Waals surface area contributed by atoms with Gasteiger partial charge in [0.15, 0.2) is 0 Å². The lowest BCUT2D eigenvalue weighted by atomic mass is 9.93. The van der Waals surface area contributed by atoms with E-state index in [0.29, 0.717) is 18.0 Å². The Balaban J connectivity index is 1.54. The number of nitrogens with zero attached hydrogens (tertiary/aromatic N) is 1. The van der Waals surface area contributed by atoms with E-state index in [1.54, 1.807) is 4.90 Å². The van der Waals surface area contributed by atoms with Gasteiger partial charge < -0.3 is 15.2 Å². The molecule has 0 spiro atoms. The zero-order valence-corrected chi connectivity index (χ0v) is 22.6. The molecular weight excluding hydrogens is 470 g/mol. The van der Waals surface area contributed by atoms with E-state index >= 15 is 0 Å². The zero-order chi connectivity index (χ0) is 26.6. The molecule has 5 rings (SSSR count). The average Bonchev–Trinajstić information content (AvgIpc) is 3.44. The summed E-state index contributed by atoms with van der Waals surface area (Å²) in [5, 5.41) is 4.20. The Morgan fingerprint density at radius 1 is 1.00 bits per heavy atom. The number of aromatic amines is 1. The van der Waals surface area contributed by atoms with Gasteiger partial charge in [0, 0.05) is 28.6 Å². The lowest BCUT2D eigenvalue weighted by Crippen LogP contribution is -2.41. The molecule has 2 heterocycles. The number of nitrogens with one attached hydrogen (secondary N) is 2. The first-order chi connectivity index (χ1) is 18.5. The lowest BCUT2D eigenvalue weighted by Gasteiger charge is -2.26. The predicted molar refractivity (Wildman–Crippen MR) is 154 cm³/mol. The van der Waals surface area contributed by atoms with E-state index in [1.165, 1.54) is 12.0 Å². The first kappa shape index (κ1) is 25.8. The second-order valence-corrected chi connectivity index (χ2v) is 10.5. The minimum absolute atomic E-state index is 0.0231. The van der Waals surface area contributed by atoms with Gasteiger partial charge in [0.1, 0.15) is 6.54 Å². The summed E-state index contributed by atoms with van der Waals surface area (Å²) in [7, 11) is 0. The topological polar surface area (TPSA) is 65.2 Å². The van der Waals surface area contributed by atoms with Crippen molar-refractivity contribution in [1.29, 1.82) is 0 Å². The second kappa shape index (κ2) is 11.3. The molecule has 196 valence electrons.